The molecule has 0 saturated carbocycles. The maximum Gasteiger partial charge on any atom is 0.187 e. The van der Waals surface area contributed by atoms with Gasteiger partial charge in [-0.05, 0) is 30.3 Å². The van der Waals surface area contributed by atoms with Gasteiger partial charge in [-0.25, -0.2) is 9.97 Å². The van der Waals surface area contributed by atoms with E-state index in [0.717, 1.165) is 5.75 Å². The van der Waals surface area contributed by atoms with Gasteiger partial charge < -0.3 is 4.74 Å². The molecular formula is C13H12N2O2S. The van der Waals surface area contributed by atoms with Gasteiger partial charge in [-0.1, -0.05) is 11.8 Å². The Bertz CT molecular complexity index is 514. The standard InChI is InChI=1S/C13H12N2O2S/c1-17-11-5-3-10(4-6-11)12(16)9-18-13-14-7-2-8-15-13/h2-8H,9H2,1H3. The molecule has 0 N–H and O–H groups in total. The Kier molecular flexibility index (Phi) is 4.30. The normalized spacial score (nSPS) is 10.1. The summed E-state index contributed by atoms with van der Waals surface area (Å²) in [6, 6.07) is 8.81. The summed E-state index contributed by atoms with van der Waals surface area (Å²) in [4.78, 5) is 20.0. The fourth-order valence-electron chi connectivity index (χ4n) is 1.35. The fraction of sp³-hybridized carbons (Fsp3) is 0.154. The molecule has 5 heteroatoms. The molecule has 0 fully saturated rings. The SMILES string of the molecule is COc1ccc(C(=O)CSc2ncccn2)cc1. The Hall–Kier alpha value is -1.88. The number of ether oxygens (including phenoxy) is 1. The van der Waals surface area contributed by atoms with Crippen molar-refractivity contribution in [3.05, 3.63) is 48.3 Å². The number of aromatic nitrogens is 2. The molecule has 92 valence electrons. The molecular weight excluding hydrogens is 248 g/mol. The quantitative estimate of drug-likeness (QED) is 0.469. The molecule has 0 unspecified atom stereocenters. The Morgan fingerprint density at radius 2 is 1.89 bits per heavy atom. The summed E-state index contributed by atoms with van der Waals surface area (Å²) in [5, 5.41) is 0.611. The van der Waals surface area contributed by atoms with E-state index in [1.165, 1.54) is 11.8 Å². The zero-order valence-corrected chi connectivity index (χ0v) is 10.7. The van der Waals surface area contributed by atoms with Gasteiger partial charge in [0.2, 0.25) is 0 Å². The van der Waals surface area contributed by atoms with Crippen molar-refractivity contribution in [2.45, 2.75) is 5.16 Å². The third-order valence-corrected chi connectivity index (χ3v) is 3.16. The number of benzene rings is 1. The van der Waals surface area contributed by atoms with Crippen LogP contribution < -0.4 is 4.74 Å². The summed E-state index contributed by atoms with van der Waals surface area (Å²) >= 11 is 1.33. The molecule has 0 aliphatic carbocycles. The van der Waals surface area contributed by atoms with Crippen molar-refractivity contribution in [1.82, 2.24) is 9.97 Å². The van der Waals surface area contributed by atoms with Crippen LogP contribution in [-0.4, -0.2) is 28.6 Å². The average Bonchev–Trinajstić information content (AvgIpc) is 2.46. The number of Topliss-reactive ketones (excluding diaryl/α,β-unsaturated/α-hetero) is 1. The topological polar surface area (TPSA) is 52.1 Å². The zero-order chi connectivity index (χ0) is 12.8. The van der Waals surface area contributed by atoms with E-state index in [1.807, 2.05) is 0 Å². The van der Waals surface area contributed by atoms with Crippen LogP contribution in [0.5, 0.6) is 5.75 Å². The Morgan fingerprint density at radius 1 is 1.22 bits per heavy atom. The van der Waals surface area contributed by atoms with E-state index in [4.69, 9.17) is 4.74 Å². The van der Waals surface area contributed by atoms with Crippen molar-refractivity contribution in [3.8, 4) is 5.75 Å². The number of ketones is 1. The summed E-state index contributed by atoms with van der Waals surface area (Å²) in [5.74, 6) is 1.12. The van der Waals surface area contributed by atoms with Gasteiger partial charge in [-0.15, -0.1) is 0 Å². The highest BCUT2D eigenvalue weighted by atomic mass is 32.2. The monoisotopic (exact) mass is 260 g/mol. The highest BCUT2D eigenvalue weighted by Gasteiger charge is 2.07. The van der Waals surface area contributed by atoms with Crippen molar-refractivity contribution in [1.29, 1.82) is 0 Å². The first-order chi connectivity index (χ1) is 8.79. The molecule has 2 aromatic rings. The van der Waals surface area contributed by atoms with Crippen LogP contribution in [0.2, 0.25) is 0 Å². The number of methoxy groups -OCH3 is 1. The first-order valence-corrected chi connectivity index (χ1v) is 6.35. The molecule has 1 heterocycles. The molecule has 2 rings (SSSR count). The molecule has 18 heavy (non-hydrogen) atoms. The van der Waals surface area contributed by atoms with E-state index in [9.17, 15) is 4.79 Å². The number of carbonyl (C=O) groups excluding carboxylic acids is 1. The van der Waals surface area contributed by atoms with E-state index < -0.39 is 0 Å². The van der Waals surface area contributed by atoms with Crippen molar-refractivity contribution >= 4 is 17.5 Å². The number of thioether (sulfide) groups is 1. The number of hydrogen-bond acceptors (Lipinski definition) is 5. The Morgan fingerprint density at radius 3 is 2.50 bits per heavy atom. The van der Waals surface area contributed by atoms with Crippen LogP contribution in [0.3, 0.4) is 0 Å². The van der Waals surface area contributed by atoms with E-state index >= 15 is 0 Å². The summed E-state index contributed by atoms with van der Waals surface area (Å²) in [6.07, 6.45) is 3.32. The Labute approximate surface area is 109 Å². The molecule has 4 nitrogen and oxygen atoms in total. The molecule has 0 saturated heterocycles. The van der Waals surface area contributed by atoms with E-state index in [-0.39, 0.29) is 5.78 Å². The number of rotatable bonds is 5. The van der Waals surface area contributed by atoms with Crippen LogP contribution in [0.25, 0.3) is 0 Å². The molecule has 0 spiro atoms. The smallest absolute Gasteiger partial charge is 0.187 e. The van der Waals surface area contributed by atoms with Crippen molar-refractivity contribution in [2.24, 2.45) is 0 Å². The highest BCUT2D eigenvalue weighted by Crippen LogP contribution is 2.16. The zero-order valence-electron chi connectivity index (χ0n) is 9.87. The van der Waals surface area contributed by atoms with Crippen molar-refractivity contribution in [3.63, 3.8) is 0 Å². The molecule has 0 aliphatic heterocycles. The summed E-state index contributed by atoms with van der Waals surface area (Å²) in [7, 11) is 1.60. The first-order valence-electron chi connectivity index (χ1n) is 5.36. The van der Waals surface area contributed by atoms with Gasteiger partial charge in [0, 0.05) is 18.0 Å². The summed E-state index contributed by atoms with van der Waals surface area (Å²) < 4.78 is 5.04. The molecule has 0 radical (unpaired) electrons. The van der Waals surface area contributed by atoms with E-state index in [0.29, 0.717) is 16.5 Å². The van der Waals surface area contributed by atoms with Gasteiger partial charge in [0.25, 0.3) is 0 Å². The molecule has 0 bridgehead atoms. The molecule has 0 atom stereocenters. The largest absolute Gasteiger partial charge is 0.497 e. The predicted molar refractivity (Wildman–Crippen MR) is 70.1 cm³/mol. The molecule has 0 aliphatic rings. The maximum atomic E-state index is 11.9. The molecule has 1 aromatic heterocycles. The van der Waals surface area contributed by atoms with Crippen molar-refractivity contribution < 1.29 is 9.53 Å². The summed E-state index contributed by atoms with van der Waals surface area (Å²) in [5.41, 5.74) is 0.666. The third kappa shape index (κ3) is 3.30. The second-order valence-electron chi connectivity index (χ2n) is 3.47. The van der Waals surface area contributed by atoms with E-state index in [1.54, 1.807) is 49.8 Å². The maximum absolute atomic E-state index is 11.9. The minimum absolute atomic E-state index is 0.0510. The second-order valence-corrected chi connectivity index (χ2v) is 4.41. The van der Waals surface area contributed by atoms with Crippen LogP contribution in [0.1, 0.15) is 10.4 Å². The molecule has 1 aromatic carbocycles. The van der Waals surface area contributed by atoms with Crippen LogP contribution >= 0.6 is 11.8 Å². The lowest BCUT2D eigenvalue weighted by atomic mass is 10.1. The highest BCUT2D eigenvalue weighted by molar-refractivity contribution is 7.99. The Balaban J connectivity index is 1.95. The van der Waals surface area contributed by atoms with Gasteiger partial charge in [0.05, 0.1) is 12.9 Å². The average molecular weight is 260 g/mol. The van der Waals surface area contributed by atoms with Crippen LogP contribution in [0.15, 0.2) is 47.9 Å². The van der Waals surface area contributed by atoms with Crippen molar-refractivity contribution in [2.75, 3.05) is 12.9 Å². The van der Waals surface area contributed by atoms with Gasteiger partial charge >= 0.3 is 0 Å². The minimum atomic E-state index is 0.0510. The summed E-state index contributed by atoms with van der Waals surface area (Å²) in [6.45, 7) is 0. The van der Waals surface area contributed by atoms with Gasteiger partial charge in [-0.3, -0.25) is 4.79 Å². The lowest BCUT2D eigenvalue weighted by molar-refractivity contribution is 0.102. The van der Waals surface area contributed by atoms with Crippen LogP contribution in [0, 0.1) is 0 Å². The lowest BCUT2D eigenvalue weighted by Crippen LogP contribution is -2.02. The minimum Gasteiger partial charge on any atom is -0.497 e. The lowest BCUT2D eigenvalue weighted by Gasteiger charge is -2.02. The van der Waals surface area contributed by atoms with Crippen LogP contribution in [-0.2, 0) is 0 Å². The van der Waals surface area contributed by atoms with Gasteiger partial charge in [0.1, 0.15) is 5.75 Å². The third-order valence-electron chi connectivity index (χ3n) is 2.29. The van der Waals surface area contributed by atoms with Crippen LogP contribution in [0.4, 0.5) is 0 Å². The fourth-order valence-corrected chi connectivity index (χ4v) is 2.05. The van der Waals surface area contributed by atoms with Gasteiger partial charge in [0.15, 0.2) is 10.9 Å². The molecule has 0 amide bonds. The second kappa shape index (κ2) is 6.16. The van der Waals surface area contributed by atoms with E-state index in [2.05, 4.69) is 9.97 Å². The number of hydrogen-bond donors (Lipinski definition) is 0. The number of carbonyl (C=O) groups is 1. The van der Waals surface area contributed by atoms with Gasteiger partial charge in [-0.2, -0.15) is 0 Å². The predicted octanol–water partition coefficient (Wildman–Crippen LogP) is 2.46. The number of nitrogens with zero attached hydrogens (tertiary/aromatic N) is 2. The first kappa shape index (κ1) is 12.6.